The van der Waals surface area contributed by atoms with Crippen LogP contribution in [0.5, 0.6) is 5.75 Å². The molecule has 78 valence electrons. The maximum atomic E-state index is 5.59. The quantitative estimate of drug-likeness (QED) is 0.746. The zero-order chi connectivity index (χ0) is 10.3. The Morgan fingerprint density at radius 2 is 2.47 bits per heavy atom. The summed E-state index contributed by atoms with van der Waals surface area (Å²) >= 11 is 1.71. The molecule has 1 aliphatic rings. The minimum atomic E-state index is 0.304. The third-order valence-corrected chi connectivity index (χ3v) is 3.26. The molecule has 3 rings (SSSR count). The summed E-state index contributed by atoms with van der Waals surface area (Å²) < 4.78 is 11.9. The standard InChI is InChI=1S/C11H11NO2S/c1-7-12-10-4-8(2-3-11(10)15-7)13-5-9-6-14-9/h2-4,9H,5-6H2,1H3/t9-/m0/s1. The van der Waals surface area contributed by atoms with Crippen molar-refractivity contribution in [2.45, 2.75) is 13.0 Å². The lowest BCUT2D eigenvalue weighted by molar-refractivity contribution is 0.263. The number of rotatable bonds is 3. The summed E-state index contributed by atoms with van der Waals surface area (Å²) in [5, 5.41) is 1.09. The Bertz CT molecular complexity index is 490. The predicted molar refractivity (Wildman–Crippen MR) is 59.6 cm³/mol. The number of epoxide rings is 1. The Labute approximate surface area is 91.7 Å². The van der Waals surface area contributed by atoms with Gasteiger partial charge in [-0.1, -0.05) is 0 Å². The van der Waals surface area contributed by atoms with Gasteiger partial charge < -0.3 is 9.47 Å². The summed E-state index contributed by atoms with van der Waals surface area (Å²) in [6.07, 6.45) is 0.304. The molecule has 0 amide bonds. The highest BCUT2D eigenvalue weighted by Crippen LogP contribution is 2.26. The number of hydrogen-bond acceptors (Lipinski definition) is 4. The lowest BCUT2D eigenvalue weighted by Gasteiger charge is -2.02. The summed E-state index contributed by atoms with van der Waals surface area (Å²) in [7, 11) is 0. The second-order valence-corrected chi connectivity index (χ2v) is 4.86. The number of aryl methyl sites for hydroxylation is 1. The molecule has 0 aliphatic carbocycles. The summed E-state index contributed by atoms with van der Waals surface area (Å²) in [6, 6.07) is 6.03. The maximum Gasteiger partial charge on any atom is 0.121 e. The summed E-state index contributed by atoms with van der Waals surface area (Å²) in [5.74, 6) is 0.878. The van der Waals surface area contributed by atoms with Gasteiger partial charge in [0.2, 0.25) is 0 Å². The molecule has 2 heterocycles. The number of hydrogen-bond donors (Lipinski definition) is 0. The molecular weight excluding hydrogens is 210 g/mol. The van der Waals surface area contributed by atoms with Crippen LogP contribution in [0, 0.1) is 6.92 Å². The van der Waals surface area contributed by atoms with Gasteiger partial charge in [-0.3, -0.25) is 0 Å². The topological polar surface area (TPSA) is 34.6 Å². The molecule has 1 fully saturated rings. The fraction of sp³-hybridized carbons (Fsp3) is 0.364. The van der Waals surface area contributed by atoms with Crippen molar-refractivity contribution in [3.8, 4) is 5.75 Å². The van der Waals surface area contributed by atoms with Gasteiger partial charge in [-0.05, 0) is 19.1 Å². The van der Waals surface area contributed by atoms with Crippen LogP contribution >= 0.6 is 11.3 Å². The second-order valence-electron chi connectivity index (χ2n) is 3.63. The Morgan fingerprint density at radius 3 is 3.27 bits per heavy atom. The van der Waals surface area contributed by atoms with E-state index in [0.717, 1.165) is 22.9 Å². The van der Waals surface area contributed by atoms with Crippen LogP contribution in [0.15, 0.2) is 18.2 Å². The van der Waals surface area contributed by atoms with E-state index < -0.39 is 0 Å². The van der Waals surface area contributed by atoms with E-state index in [1.165, 1.54) is 4.70 Å². The van der Waals surface area contributed by atoms with Crippen LogP contribution in [0.3, 0.4) is 0 Å². The lowest BCUT2D eigenvalue weighted by Crippen LogP contribution is -2.03. The number of benzene rings is 1. The number of ether oxygens (including phenoxy) is 2. The van der Waals surface area contributed by atoms with Crippen molar-refractivity contribution >= 4 is 21.6 Å². The van der Waals surface area contributed by atoms with E-state index in [4.69, 9.17) is 9.47 Å². The van der Waals surface area contributed by atoms with Crippen molar-refractivity contribution in [1.29, 1.82) is 0 Å². The first-order chi connectivity index (χ1) is 7.31. The number of thiazole rings is 1. The molecule has 1 aromatic heterocycles. The molecule has 0 saturated carbocycles. The number of aromatic nitrogens is 1. The smallest absolute Gasteiger partial charge is 0.121 e. The fourth-order valence-corrected chi connectivity index (χ4v) is 2.27. The molecule has 4 heteroatoms. The molecule has 0 radical (unpaired) electrons. The lowest BCUT2D eigenvalue weighted by atomic mass is 10.3. The predicted octanol–water partition coefficient (Wildman–Crippen LogP) is 2.38. The Kier molecular flexibility index (Phi) is 2.11. The zero-order valence-electron chi connectivity index (χ0n) is 8.40. The summed E-state index contributed by atoms with van der Waals surface area (Å²) in [5.41, 5.74) is 1.02. The maximum absolute atomic E-state index is 5.59. The molecular formula is C11H11NO2S. The van der Waals surface area contributed by atoms with Gasteiger partial charge in [0.1, 0.15) is 18.5 Å². The summed E-state index contributed by atoms with van der Waals surface area (Å²) in [4.78, 5) is 4.42. The zero-order valence-corrected chi connectivity index (χ0v) is 9.21. The van der Waals surface area contributed by atoms with Gasteiger partial charge >= 0.3 is 0 Å². The third kappa shape index (κ3) is 1.96. The van der Waals surface area contributed by atoms with E-state index in [1.807, 2.05) is 19.1 Å². The molecule has 0 unspecified atom stereocenters. The van der Waals surface area contributed by atoms with E-state index in [0.29, 0.717) is 12.7 Å². The number of fused-ring (bicyclic) bond motifs is 1. The Balaban J connectivity index is 1.84. The molecule has 1 saturated heterocycles. The molecule has 15 heavy (non-hydrogen) atoms. The van der Waals surface area contributed by atoms with Gasteiger partial charge in [0.15, 0.2) is 0 Å². The highest BCUT2D eigenvalue weighted by atomic mass is 32.1. The van der Waals surface area contributed by atoms with Gasteiger partial charge in [0.25, 0.3) is 0 Å². The molecule has 2 aromatic rings. The highest BCUT2D eigenvalue weighted by molar-refractivity contribution is 7.18. The van der Waals surface area contributed by atoms with Crippen molar-refractivity contribution in [2.75, 3.05) is 13.2 Å². The van der Waals surface area contributed by atoms with Crippen LogP contribution in [0.4, 0.5) is 0 Å². The SMILES string of the molecule is Cc1nc2cc(OC[C@H]3CO3)ccc2s1. The highest BCUT2D eigenvalue weighted by Gasteiger charge is 2.23. The van der Waals surface area contributed by atoms with Crippen LogP contribution in [0.25, 0.3) is 10.2 Å². The van der Waals surface area contributed by atoms with Crippen LogP contribution in [-0.4, -0.2) is 24.3 Å². The normalized spacial score (nSPS) is 19.4. The molecule has 0 N–H and O–H groups in total. The van der Waals surface area contributed by atoms with Gasteiger partial charge in [-0.2, -0.15) is 0 Å². The summed E-state index contributed by atoms with van der Waals surface area (Å²) in [6.45, 7) is 3.50. The van der Waals surface area contributed by atoms with Crippen molar-refractivity contribution in [3.63, 3.8) is 0 Å². The van der Waals surface area contributed by atoms with Crippen LogP contribution < -0.4 is 4.74 Å². The first-order valence-corrected chi connectivity index (χ1v) is 5.74. The fourth-order valence-electron chi connectivity index (χ4n) is 1.47. The molecule has 3 nitrogen and oxygen atoms in total. The monoisotopic (exact) mass is 221 g/mol. The first-order valence-electron chi connectivity index (χ1n) is 4.93. The molecule has 1 aliphatic heterocycles. The van der Waals surface area contributed by atoms with E-state index in [9.17, 15) is 0 Å². The average Bonchev–Trinajstić information content (AvgIpc) is 2.96. The number of nitrogens with zero attached hydrogens (tertiary/aromatic N) is 1. The average molecular weight is 221 g/mol. The van der Waals surface area contributed by atoms with Crippen molar-refractivity contribution < 1.29 is 9.47 Å². The van der Waals surface area contributed by atoms with Crippen LogP contribution in [0.2, 0.25) is 0 Å². The largest absolute Gasteiger partial charge is 0.491 e. The van der Waals surface area contributed by atoms with Crippen molar-refractivity contribution in [1.82, 2.24) is 4.98 Å². The van der Waals surface area contributed by atoms with Crippen molar-refractivity contribution in [2.24, 2.45) is 0 Å². The van der Waals surface area contributed by atoms with Crippen molar-refractivity contribution in [3.05, 3.63) is 23.2 Å². The second kappa shape index (κ2) is 3.47. The molecule has 0 bridgehead atoms. The van der Waals surface area contributed by atoms with Crippen LogP contribution in [-0.2, 0) is 4.74 Å². The minimum absolute atomic E-state index is 0.304. The molecule has 0 spiro atoms. The first kappa shape index (κ1) is 9.12. The van der Waals surface area contributed by atoms with E-state index >= 15 is 0 Å². The van der Waals surface area contributed by atoms with E-state index in [1.54, 1.807) is 11.3 Å². The van der Waals surface area contributed by atoms with Crippen LogP contribution in [0.1, 0.15) is 5.01 Å². The third-order valence-electron chi connectivity index (χ3n) is 2.30. The Morgan fingerprint density at radius 1 is 1.60 bits per heavy atom. The van der Waals surface area contributed by atoms with Gasteiger partial charge in [0, 0.05) is 6.07 Å². The molecule has 1 atom stereocenters. The van der Waals surface area contributed by atoms with E-state index in [2.05, 4.69) is 11.1 Å². The van der Waals surface area contributed by atoms with E-state index in [-0.39, 0.29) is 0 Å². The molecule has 1 aromatic carbocycles. The Hall–Kier alpha value is -1.13. The van der Waals surface area contributed by atoms with Gasteiger partial charge in [0.05, 0.1) is 21.8 Å². The minimum Gasteiger partial charge on any atom is -0.491 e. The van der Waals surface area contributed by atoms with Gasteiger partial charge in [-0.25, -0.2) is 4.98 Å². The van der Waals surface area contributed by atoms with Gasteiger partial charge in [-0.15, -0.1) is 11.3 Å².